The average Bonchev–Trinajstić information content (AvgIpc) is 3.60. The van der Waals surface area contributed by atoms with Crippen LogP contribution in [-0.4, -0.2) is 19.1 Å². The third kappa shape index (κ3) is 3.66. The molecule has 7 heteroatoms. The van der Waals surface area contributed by atoms with Crippen LogP contribution in [0.4, 0.5) is 0 Å². The Morgan fingerprint density at radius 3 is 1.84 bits per heavy atom. The molecule has 4 aromatic heterocycles. The first kappa shape index (κ1) is 25.0. The lowest BCUT2D eigenvalue weighted by atomic mass is 10.0. The molecule has 0 atom stereocenters. The second-order valence-electron chi connectivity index (χ2n) is 10.5. The lowest BCUT2D eigenvalue weighted by molar-refractivity contribution is 1.00. The number of nitrogens with zero attached hydrogens (tertiary/aromatic N) is 7. The smallest absolute Gasteiger partial charge is 0.146 e. The van der Waals surface area contributed by atoms with Gasteiger partial charge in [0.15, 0.2) is 0 Å². The van der Waals surface area contributed by atoms with E-state index >= 15 is 0 Å². The fourth-order valence-electron chi connectivity index (χ4n) is 6.16. The minimum atomic E-state index is 0.528. The van der Waals surface area contributed by atoms with Crippen molar-refractivity contribution in [3.05, 3.63) is 132 Å². The zero-order chi connectivity index (χ0) is 29.8. The Balaban J connectivity index is 1.52. The highest BCUT2D eigenvalue weighted by Gasteiger charge is 2.20. The van der Waals surface area contributed by atoms with Gasteiger partial charge < -0.3 is 0 Å². The van der Waals surface area contributed by atoms with E-state index in [4.69, 9.17) is 9.97 Å². The minimum absolute atomic E-state index is 0.528. The van der Waals surface area contributed by atoms with Crippen LogP contribution in [0.1, 0.15) is 16.7 Å². The third-order valence-corrected chi connectivity index (χ3v) is 8.07. The molecule has 8 rings (SSSR count). The molecular weight excluding hydrogens is 542 g/mol. The van der Waals surface area contributed by atoms with Gasteiger partial charge in [-0.25, -0.2) is 9.97 Å². The molecule has 0 radical (unpaired) electrons. The van der Waals surface area contributed by atoms with Gasteiger partial charge in [-0.2, -0.15) is 15.8 Å². The summed E-state index contributed by atoms with van der Waals surface area (Å²) < 4.78 is 4.11. The van der Waals surface area contributed by atoms with E-state index in [0.717, 1.165) is 54.9 Å². The standard InChI is InChI=1S/C37H19N7/c38-20-23-11-13-33-30(16-23)31-17-24(21-39)12-14-34(31)43(33)35-18-26(27-7-2-1-6-25(27)22-40)19-36(42-35)44-32-10-4-3-8-28(32)29-9-5-15-41-37(29)44/h1-19H. The summed E-state index contributed by atoms with van der Waals surface area (Å²) in [7, 11) is 0. The Kier molecular flexibility index (Phi) is 5.49. The molecule has 4 heterocycles. The summed E-state index contributed by atoms with van der Waals surface area (Å²) in [5, 5.41) is 33.1. The van der Waals surface area contributed by atoms with Crippen molar-refractivity contribution < 1.29 is 0 Å². The molecule has 0 N–H and O–H groups in total. The molecule has 0 saturated carbocycles. The van der Waals surface area contributed by atoms with E-state index in [0.29, 0.717) is 28.3 Å². The molecule has 8 aromatic rings. The van der Waals surface area contributed by atoms with E-state index in [1.54, 1.807) is 18.3 Å². The van der Waals surface area contributed by atoms with Gasteiger partial charge in [0.2, 0.25) is 0 Å². The Morgan fingerprint density at radius 2 is 1.14 bits per heavy atom. The van der Waals surface area contributed by atoms with Gasteiger partial charge >= 0.3 is 0 Å². The van der Waals surface area contributed by atoms with Crippen molar-refractivity contribution in [3.8, 4) is 41.0 Å². The van der Waals surface area contributed by atoms with Crippen LogP contribution >= 0.6 is 0 Å². The van der Waals surface area contributed by atoms with E-state index in [-0.39, 0.29) is 0 Å². The number of hydrogen-bond acceptors (Lipinski definition) is 5. The van der Waals surface area contributed by atoms with Gasteiger partial charge in [-0.1, -0.05) is 36.4 Å². The molecule has 0 bridgehead atoms. The van der Waals surface area contributed by atoms with Crippen molar-refractivity contribution in [2.45, 2.75) is 0 Å². The molecule has 44 heavy (non-hydrogen) atoms. The van der Waals surface area contributed by atoms with Crippen molar-refractivity contribution in [2.75, 3.05) is 0 Å². The van der Waals surface area contributed by atoms with Crippen molar-refractivity contribution in [1.82, 2.24) is 19.1 Å². The number of para-hydroxylation sites is 1. The molecule has 0 aliphatic carbocycles. The van der Waals surface area contributed by atoms with Gasteiger partial charge in [0.05, 0.1) is 51.4 Å². The van der Waals surface area contributed by atoms with E-state index in [2.05, 4.69) is 45.5 Å². The van der Waals surface area contributed by atoms with Crippen molar-refractivity contribution >= 4 is 43.7 Å². The van der Waals surface area contributed by atoms with Crippen LogP contribution in [0.15, 0.2) is 115 Å². The number of benzene rings is 4. The fraction of sp³-hybridized carbons (Fsp3) is 0. The first-order chi connectivity index (χ1) is 21.7. The maximum atomic E-state index is 10.0. The predicted molar refractivity (Wildman–Crippen MR) is 170 cm³/mol. The summed E-state index contributed by atoms with van der Waals surface area (Å²) in [6.07, 6.45) is 1.78. The summed E-state index contributed by atoms with van der Waals surface area (Å²) in [6.45, 7) is 0. The van der Waals surface area contributed by atoms with Crippen molar-refractivity contribution in [3.63, 3.8) is 0 Å². The monoisotopic (exact) mass is 561 g/mol. The van der Waals surface area contributed by atoms with Gasteiger partial charge in [0.25, 0.3) is 0 Å². The second kappa shape index (κ2) is 9.67. The lowest BCUT2D eigenvalue weighted by Gasteiger charge is -2.15. The molecule has 202 valence electrons. The average molecular weight is 562 g/mol. The topological polar surface area (TPSA) is 107 Å². The summed E-state index contributed by atoms with van der Waals surface area (Å²) in [6, 6.07) is 41.6. The van der Waals surface area contributed by atoms with E-state index in [1.165, 1.54) is 0 Å². The molecule has 0 saturated heterocycles. The highest BCUT2D eigenvalue weighted by atomic mass is 15.2. The van der Waals surface area contributed by atoms with Crippen molar-refractivity contribution in [1.29, 1.82) is 15.8 Å². The molecule has 0 unspecified atom stereocenters. The summed E-state index contributed by atoms with van der Waals surface area (Å²) in [5.74, 6) is 1.27. The van der Waals surface area contributed by atoms with Crippen LogP contribution in [0.25, 0.3) is 66.5 Å². The predicted octanol–water partition coefficient (Wildman–Crippen LogP) is 7.95. The van der Waals surface area contributed by atoms with E-state index < -0.39 is 0 Å². The zero-order valence-electron chi connectivity index (χ0n) is 23.1. The number of aromatic nitrogens is 4. The molecule has 0 aliphatic heterocycles. The molecule has 0 amide bonds. The van der Waals surface area contributed by atoms with Gasteiger partial charge in [-0.15, -0.1) is 0 Å². The van der Waals surface area contributed by atoms with Crippen molar-refractivity contribution in [2.24, 2.45) is 0 Å². The maximum Gasteiger partial charge on any atom is 0.146 e. The van der Waals surface area contributed by atoms with Gasteiger partial charge in [-0.3, -0.25) is 9.13 Å². The highest BCUT2D eigenvalue weighted by molar-refractivity contribution is 6.10. The number of rotatable bonds is 3. The number of pyridine rings is 2. The second-order valence-corrected chi connectivity index (χ2v) is 10.5. The van der Waals surface area contributed by atoms with E-state index in [9.17, 15) is 15.8 Å². The van der Waals surface area contributed by atoms with E-state index in [1.807, 2.05) is 78.9 Å². The molecule has 7 nitrogen and oxygen atoms in total. The summed E-state index contributed by atoms with van der Waals surface area (Å²) in [5.41, 5.74) is 6.64. The Morgan fingerprint density at radius 1 is 0.523 bits per heavy atom. The van der Waals surface area contributed by atoms with Gasteiger partial charge in [-0.05, 0) is 83.9 Å². The quantitative estimate of drug-likeness (QED) is 0.218. The maximum absolute atomic E-state index is 10.0. The Labute approximate surface area is 251 Å². The van der Waals surface area contributed by atoms with Gasteiger partial charge in [0, 0.05) is 27.7 Å². The SMILES string of the molecule is N#Cc1ccc2c(c1)c1cc(C#N)ccc1n2-c1cc(-c2ccccc2C#N)cc(-n2c3ccccc3c3cccnc32)n1. The van der Waals surface area contributed by atoms with Crippen LogP contribution in [-0.2, 0) is 0 Å². The molecular formula is C37H19N7. The fourth-order valence-corrected chi connectivity index (χ4v) is 6.16. The molecule has 4 aromatic carbocycles. The van der Waals surface area contributed by atoms with Crippen LogP contribution in [0.2, 0.25) is 0 Å². The van der Waals surface area contributed by atoms with Crippen LogP contribution < -0.4 is 0 Å². The molecule has 0 aliphatic rings. The molecule has 0 fully saturated rings. The normalized spacial score (nSPS) is 11.1. The minimum Gasteiger partial charge on any atom is -0.294 e. The first-order valence-electron chi connectivity index (χ1n) is 13.9. The molecule has 0 spiro atoms. The lowest BCUT2D eigenvalue weighted by Crippen LogP contribution is -2.05. The number of nitriles is 3. The number of hydrogen-bond donors (Lipinski definition) is 0. The van der Waals surface area contributed by atoms with Crippen LogP contribution in [0.3, 0.4) is 0 Å². The van der Waals surface area contributed by atoms with Crippen LogP contribution in [0.5, 0.6) is 0 Å². The third-order valence-electron chi connectivity index (χ3n) is 8.07. The summed E-state index contributed by atoms with van der Waals surface area (Å²) >= 11 is 0. The zero-order valence-corrected chi connectivity index (χ0v) is 23.1. The number of fused-ring (bicyclic) bond motifs is 6. The first-order valence-corrected chi connectivity index (χ1v) is 13.9. The Hall–Kier alpha value is -6.75. The largest absolute Gasteiger partial charge is 0.294 e. The Bertz CT molecular complexity index is 2480. The summed E-state index contributed by atoms with van der Waals surface area (Å²) in [4.78, 5) is 10.0. The van der Waals surface area contributed by atoms with Crippen LogP contribution in [0, 0.1) is 34.0 Å². The highest BCUT2D eigenvalue weighted by Crippen LogP contribution is 2.37. The van der Waals surface area contributed by atoms with Gasteiger partial charge in [0.1, 0.15) is 17.3 Å².